The number of hydrogen-bond donors (Lipinski definition) is 1. The highest BCUT2D eigenvalue weighted by atomic mass is 35.5. The van der Waals surface area contributed by atoms with Gasteiger partial charge in [-0.2, -0.15) is 0 Å². The first kappa shape index (κ1) is 18.9. The predicted octanol–water partition coefficient (Wildman–Crippen LogP) is 5.07. The first-order valence-electron chi connectivity index (χ1n) is 8.03. The van der Waals surface area contributed by atoms with E-state index in [0.29, 0.717) is 27.2 Å². The van der Waals surface area contributed by atoms with Crippen molar-refractivity contribution in [1.29, 1.82) is 0 Å². The zero-order valence-corrected chi connectivity index (χ0v) is 16.1. The molecule has 0 unspecified atom stereocenters. The molecule has 0 bridgehead atoms. The highest BCUT2D eigenvalue weighted by Crippen LogP contribution is 2.31. The van der Waals surface area contributed by atoms with Crippen LogP contribution in [0.5, 0.6) is 5.75 Å². The number of carbonyl (C=O) groups is 1. The lowest BCUT2D eigenvalue weighted by molar-refractivity contribution is -0.136. The summed E-state index contributed by atoms with van der Waals surface area (Å²) < 4.78 is 10.6. The largest absolute Gasteiger partial charge is 0.495 e. The average molecular weight is 401 g/mol. The summed E-state index contributed by atoms with van der Waals surface area (Å²) in [6.07, 6.45) is 7.01. The van der Waals surface area contributed by atoms with E-state index in [0.717, 1.165) is 11.3 Å². The lowest BCUT2D eigenvalue weighted by Gasteiger charge is -2.13. The number of aromatic nitrogens is 1. The summed E-state index contributed by atoms with van der Waals surface area (Å²) in [6.45, 7) is 3.79. The van der Waals surface area contributed by atoms with Crippen molar-refractivity contribution in [3.05, 3.63) is 76.8 Å². The maximum Gasteiger partial charge on any atom is 0.340 e. The molecule has 1 aromatic heterocycles. The molecule has 0 fully saturated rings. The molecule has 7 heteroatoms. The van der Waals surface area contributed by atoms with Crippen LogP contribution in [0.25, 0.3) is 5.57 Å². The van der Waals surface area contributed by atoms with Crippen molar-refractivity contribution >= 4 is 45.3 Å². The van der Waals surface area contributed by atoms with E-state index in [9.17, 15) is 4.79 Å². The molecule has 138 valence electrons. The minimum Gasteiger partial charge on any atom is -0.495 e. The molecule has 0 spiro atoms. The van der Waals surface area contributed by atoms with Gasteiger partial charge in [0.25, 0.3) is 0 Å². The van der Waals surface area contributed by atoms with Crippen LogP contribution in [0, 0.1) is 0 Å². The lowest BCUT2D eigenvalue weighted by atomic mass is 10.1. The molecule has 3 rings (SSSR count). The van der Waals surface area contributed by atoms with E-state index < -0.39 is 5.97 Å². The number of ether oxygens (including phenoxy) is 2. The van der Waals surface area contributed by atoms with Crippen molar-refractivity contribution in [3.63, 3.8) is 0 Å². The van der Waals surface area contributed by atoms with Gasteiger partial charge in [-0.15, -0.1) is 11.3 Å². The van der Waals surface area contributed by atoms with Gasteiger partial charge in [0, 0.05) is 10.4 Å². The van der Waals surface area contributed by atoms with Crippen LogP contribution in [-0.4, -0.2) is 24.7 Å². The zero-order chi connectivity index (χ0) is 19.2. The van der Waals surface area contributed by atoms with Gasteiger partial charge < -0.3 is 14.8 Å². The minimum absolute atomic E-state index is 0.206. The molecule has 5 nitrogen and oxygen atoms in total. The average Bonchev–Trinajstić information content (AvgIpc) is 3.11. The van der Waals surface area contributed by atoms with Crippen LogP contribution < -0.4 is 10.1 Å². The van der Waals surface area contributed by atoms with Gasteiger partial charge in [0.15, 0.2) is 5.13 Å². The molecule has 1 N–H and O–H groups in total. The number of anilines is 2. The second-order valence-electron chi connectivity index (χ2n) is 5.54. The number of methoxy groups -OCH3 is 1. The van der Waals surface area contributed by atoms with Gasteiger partial charge in [0.2, 0.25) is 0 Å². The third-order valence-corrected chi connectivity index (χ3v) is 4.52. The number of nitrogens with zero attached hydrogens (tertiary/aromatic N) is 1. The Bertz CT molecular complexity index is 960. The fourth-order valence-electron chi connectivity index (χ4n) is 2.38. The molecule has 2 aromatic rings. The summed E-state index contributed by atoms with van der Waals surface area (Å²) in [7, 11) is 1.61. The van der Waals surface area contributed by atoms with Gasteiger partial charge >= 0.3 is 5.97 Å². The quantitative estimate of drug-likeness (QED) is 0.541. The van der Waals surface area contributed by atoms with Crippen molar-refractivity contribution in [2.75, 3.05) is 19.0 Å². The van der Waals surface area contributed by atoms with E-state index in [1.165, 1.54) is 11.3 Å². The Balaban J connectivity index is 1.82. The molecule has 0 aliphatic carbocycles. The summed E-state index contributed by atoms with van der Waals surface area (Å²) in [5, 5.41) is 6.10. The molecule has 0 saturated carbocycles. The molecule has 0 radical (unpaired) electrons. The Morgan fingerprint density at radius 1 is 1.44 bits per heavy atom. The second kappa shape index (κ2) is 8.70. The van der Waals surface area contributed by atoms with Crippen LogP contribution in [0.1, 0.15) is 5.69 Å². The molecule has 0 atom stereocenters. The molecule has 1 aliphatic heterocycles. The molecule has 0 amide bonds. The number of thiazole rings is 1. The Hall–Kier alpha value is -2.83. The van der Waals surface area contributed by atoms with Gasteiger partial charge in [0.05, 0.1) is 24.1 Å². The number of nitrogens with one attached hydrogen (secondary N) is 1. The summed E-state index contributed by atoms with van der Waals surface area (Å²) in [5.74, 6) is 0.315. The predicted molar refractivity (Wildman–Crippen MR) is 110 cm³/mol. The van der Waals surface area contributed by atoms with Crippen LogP contribution in [0.4, 0.5) is 10.8 Å². The van der Waals surface area contributed by atoms with E-state index in [1.54, 1.807) is 25.3 Å². The number of halogens is 1. The van der Waals surface area contributed by atoms with E-state index in [2.05, 4.69) is 16.9 Å². The Morgan fingerprint density at radius 2 is 2.26 bits per heavy atom. The first-order valence-corrected chi connectivity index (χ1v) is 9.29. The fourth-order valence-corrected chi connectivity index (χ4v) is 3.18. The molecule has 1 aromatic carbocycles. The number of hydrogen-bond acceptors (Lipinski definition) is 6. The number of cyclic esters (lactones) is 1. The normalized spacial score (nSPS) is 15.6. The first-order chi connectivity index (χ1) is 13.1. The smallest absolute Gasteiger partial charge is 0.340 e. The molecule has 0 saturated heterocycles. The van der Waals surface area contributed by atoms with Crippen LogP contribution >= 0.6 is 22.9 Å². The second-order valence-corrected chi connectivity index (χ2v) is 6.89. The number of esters is 1. The van der Waals surface area contributed by atoms with Gasteiger partial charge in [-0.25, -0.2) is 9.78 Å². The van der Waals surface area contributed by atoms with E-state index in [-0.39, 0.29) is 6.61 Å². The van der Waals surface area contributed by atoms with E-state index in [1.807, 2.05) is 35.7 Å². The number of allylic oxidation sites excluding steroid dienone is 4. The van der Waals surface area contributed by atoms with Crippen molar-refractivity contribution < 1.29 is 14.3 Å². The molecule has 2 heterocycles. The standard InChI is InChI=1S/C20H17ClN2O3S/c1-13(21)6-5-7-14-10-15(19(24)26-11-14)17-12-27-20(23-17)22-16-8-3-4-9-18(16)25-2/h3-10,12H,1,11H2,2H3,(H,22,23)/b6-5-,14-7-. The molecular formula is C20H17ClN2O3S. The Kier molecular flexibility index (Phi) is 6.11. The van der Waals surface area contributed by atoms with Crippen LogP contribution in [0.15, 0.2) is 71.1 Å². The van der Waals surface area contributed by atoms with E-state index >= 15 is 0 Å². The SMILES string of the molecule is C=C(Cl)/C=C\C=C1\C=C(c2csc(Nc3ccccc3OC)n2)C(=O)OC1. The van der Waals surface area contributed by atoms with Crippen molar-refractivity contribution in [3.8, 4) is 5.75 Å². The summed E-state index contributed by atoms with van der Waals surface area (Å²) in [5.41, 5.74) is 2.60. The maximum absolute atomic E-state index is 12.1. The Labute approximate surface area is 166 Å². The summed E-state index contributed by atoms with van der Waals surface area (Å²) in [6, 6.07) is 7.55. The van der Waals surface area contributed by atoms with E-state index in [4.69, 9.17) is 21.1 Å². The molecule has 27 heavy (non-hydrogen) atoms. The number of para-hydroxylation sites is 2. The monoisotopic (exact) mass is 400 g/mol. The van der Waals surface area contributed by atoms with Crippen LogP contribution in [0.2, 0.25) is 0 Å². The summed E-state index contributed by atoms with van der Waals surface area (Å²) in [4.78, 5) is 16.6. The highest BCUT2D eigenvalue weighted by Gasteiger charge is 2.22. The molecule has 1 aliphatic rings. The minimum atomic E-state index is -0.396. The van der Waals surface area contributed by atoms with Crippen molar-refractivity contribution in [2.45, 2.75) is 0 Å². The molecular weight excluding hydrogens is 384 g/mol. The van der Waals surface area contributed by atoms with Gasteiger partial charge in [-0.05, 0) is 29.9 Å². The topological polar surface area (TPSA) is 60.5 Å². The van der Waals surface area contributed by atoms with Crippen LogP contribution in [-0.2, 0) is 9.53 Å². The Morgan fingerprint density at radius 3 is 3.04 bits per heavy atom. The fraction of sp³-hybridized carbons (Fsp3) is 0.100. The van der Waals surface area contributed by atoms with Gasteiger partial charge in [-0.3, -0.25) is 0 Å². The van der Waals surface area contributed by atoms with Crippen LogP contribution in [0.3, 0.4) is 0 Å². The van der Waals surface area contributed by atoms with Crippen molar-refractivity contribution in [1.82, 2.24) is 4.98 Å². The number of carbonyl (C=O) groups excluding carboxylic acids is 1. The third kappa shape index (κ3) is 4.87. The maximum atomic E-state index is 12.1. The number of rotatable bonds is 6. The zero-order valence-electron chi connectivity index (χ0n) is 14.6. The summed E-state index contributed by atoms with van der Waals surface area (Å²) >= 11 is 7.09. The van der Waals surface area contributed by atoms with Crippen molar-refractivity contribution in [2.24, 2.45) is 0 Å². The third-order valence-electron chi connectivity index (χ3n) is 3.64. The highest BCUT2D eigenvalue weighted by molar-refractivity contribution is 7.13. The number of benzene rings is 1. The van der Waals surface area contributed by atoms with Gasteiger partial charge in [0.1, 0.15) is 12.4 Å². The van der Waals surface area contributed by atoms with Gasteiger partial charge in [-0.1, -0.05) is 42.5 Å². The lowest BCUT2D eigenvalue weighted by Crippen LogP contribution is -2.15.